The standard InChI is InChI=1S/C16H22N4O3S2/c1-4-5-13-15(24-11(3)17-13)16(21)18-14-8-10(2)19-20(14)12-6-7-25(22,23)9-12/h8,12H,4-7,9H2,1-3H3,(H,18,21)/t12-/m1/s1. The average Bonchev–Trinajstić information content (AvgIpc) is 3.17. The number of carbonyl (C=O) groups excluding carboxylic acids is 1. The number of thiazole rings is 1. The molecular formula is C16H22N4O3S2. The third-order valence-corrected chi connectivity index (χ3v) is 6.91. The Hall–Kier alpha value is -1.74. The normalized spacial score (nSPS) is 19.2. The van der Waals surface area contributed by atoms with Crippen LogP contribution in [0.25, 0.3) is 0 Å². The van der Waals surface area contributed by atoms with Crippen LogP contribution in [-0.2, 0) is 16.3 Å². The van der Waals surface area contributed by atoms with Crippen LogP contribution in [0.3, 0.4) is 0 Å². The van der Waals surface area contributed by atoms with Gasteiger partial charge in [0.15, 0.2) is 9.84 Å². The molecule has 0 spiro atoms. The first-order valence-electron chi connectivity index (χ1n) is 8.33. The Morgan fingerprint density at radius 1 is 1.44 bits per heavy atom. The van der Waals surface area contributed by atoms with Crippen molar-refractivity contribution in [2.24, 2.45) is 0 Å². The molecule has 0 aromatic carbocycles. The SMILES string of the molecule is CCCc1nc(C)sc1C(=O)Nc1cc(C)nn1[C@@H]1CCS(=O)(=O)C1. The molecule has 0 bridgehead atoms. The average molecular weight is 383 g/mol. The second-order valence-corrected chi connectivity index (χ2v) is 9.82. The monoisotopic (exact) mass is 382 g/mol. The fourth-order valence-corrected chi connectivity index (χ4v) is 5.64. The highest BCUT2D eigenvalue weighted by molar-refractivity contribution is 7.91. The Bertz CT molecular complexity index is 899. The lowest BCUT2D eigenvalue weighted by Crippen LogP contribution is -2.19. The number of hydrogen-bond donors (Lipinski definition) is 1. The number of aromatic nitrogens is 3. The number of rotatable bonds is 5. The predicted octanol–water partition coefficient (Wildman–Crippen LogP) is 2.52. The predicted molar refractivity (Wildman–Crippen MR) is 98.1 cm³/mol. The van der Waals surface area contributed by atoms with E-state index in [-0.39, 0.29) is 23.5 Å². The molecule has 0 saturated carbocycles. The van der Waals surface area contributed by atoms with Gasteiger partial charge < -0.3 is 5.32 Å². The summed E-state index contributed by atoms with van der Waals surface area (Å²) in [6, 6.07) is 1.54. The van der Waals surface area contributed by atoms with Crippen molar-refractivity contribution in [3.05, 3.63) is 27.3 Å². The highest BCUT2D eigenvalue weighted by Crippen LogP contribution is 2.28. The van der Waals surface area contributed by atoms with E-state index in [0.717, 1.165) is 29.2 Å². The fourth-order valence-electron chi connectivity index (χ4n) is 3.08. The first-order valence-corrected chi connectivity index (χ1v) is 11.0. The van der Waals surface area contributed by atoms with Gasteiger partial charge in [-0.15, -0.1) is 11.3 Å². The van der Waals surface area contributed by atoms with Crippen molar-refractivity contribution in [1.29, 1.82) is 0 Å². The minimum Gasteiger partial charge on any atom is -0.306 e. The van der Waals surface area contributed by atoms with E-state index in [0.29, 0.717) is 17.1 Å². The van der Waals surface area contributed by atoms with Gasteiger partial charge in [0.1, 0.15) is 10.7 Å². The largest absolute Gasteiger partial charge is 0.306 e. The van der Waals surface area contributed by atoms with Crippen LogP contribution in [0.2, 0.25) is 0 Å². The maximum absolute atomic E-state index is 12.7. The second kappa shape index (κ2) is 6.87. The van der Waals surface area contributed by atoms with Crippen molar-refractivity contribution in [3.63, 3.8) is 0 Å². The smallest absolute Gasteiger partial charge is 0.268 e. The number of anilines is 1. The third kappa shape index (κ3) is 3.92. The molecule has 1 aliphatic heterocycles. The summed E-state index contributed by atoms with van der Waals surface area (Å²) in [6.07, 6.45) is 2.19. The summed E-state index contributed by atoms with van der Waals surface area (Å²) < 4.78 is 25.2. The van der Waals surface area contributed by atoms with Crippen LogP contribution < -0.4 is 5.32 Å². The molecule has 1 N–H and O–H groups in total. The highest BCUT2D eigenvalue weighted by Gasteiger charge is 2.31. The third-order valence-electron chi connectivity index (χ3n) is 4.15. The van der Waals surface area contributed by atoms with Crippen molar-refractivity contribution in [3.8, 4) is 0 Å². The first kappa shape index (κ1) is 18.1. The van der Waals surface area contributed by atoms with Crippen molar-refractivity contribution in [1.82, 2.24) is 14.8 Å². The fraction of sp³-hybridized carbons (Fsp3) is 0.562. The van der Waals surface area contributed by atoms with Gasteiger partial charge in [0, 0.05) is 6.07 Å². The lowest BCUT2D eigenvalue weighted by atomic mass is 10.2. The Kier molecular flexibility index (Phi) is 4.97. The van der Waals surface area contributed by atoms with Crippen molar-refractivity contribution in [2.45, 2.75) is 46.1 Å². The Labute approximate surface area is 151 Å². The molecular weight excluding hydrogens is 360 g/mol. The number of amides is 1. The topological polar surface area (TPSA) is 93.9 Å². The van der Waals surface area contributed by atoms with E-state index < -0.39 is 9.84 Å². The molecule has 1 amide bonds. The number of hydrogen-bond acceptors (Lipinski definition) is 6. The van der Waals surface area contributed by atoms with E-state index in [1.807, 2.05) is 13.8 Å². The van der Waals surface area contributed by atoms with Crippen molar-refractivity contribution >= 4 is 32.9 Å². The molecule has 1 aliphatic rings. The van der Waals surface area contributed by atoms with Crippen LogP contribution in [0.5, 0.6) is 0 Å². The maximum Gasteiger partial charge on any atom is 0.268 e. The summed E-state index contributed by atoms with van der Waals surface area (Å²) in [5.41, 5.74) is 1.56. The van der Waals surface area contributed by atoms with E-state index in [4.69, 9.17) is 0 Å². The van der Waals surface area contributed by atoms with Crippen LogP contribution in [0.1, 0.15) is 51.9 Å². The number of nitrogens with zero attached hydrogens (tertiary/aromatic N) is 3. The molecule has 1 atom stereocenters. The molecule has 9 heteroatoms. The molecule has 1 saturated heterocycles. The molecule has 136 valence electrons. The van der Waals surface area contributed by atoms with Gasteiger partial charge in [-0.1, -0.05) is 13.3 Å². The van der Waals surface area contributed by atoms with Crippen LogP contribution in [-0.4, -0.2) is 40.6 Å². The lowest BCUT2D eigenvalue weighted by Gasteiger charge is -2.13. The van der Waals surface area contributed by atoms with Gasteiger partial charge in [0.25, 0.3) is 5.91 Å². The Balaban J connectivity index is 1.85. The van der Waals surface area contributed by atoms with E-state index in [2.05, 4.69) is 22.3 Å². The Morgan fingerprint density at radius 2 is 2.20 bits per heavy atom. The number of nitrogens with one attached hydrogen (secondary N) is 1. The molecule has 7 nitrogen and oxygen atoms in total. The van der Waals surface area contributed by atoms with Gasteiger partial charge in [-0.2, -0.15) is 5.10 Å². The summed E-state index contributed by atoms with van der Waals surface area (Å²) in [5.74, 6) is 0.560. The zero-order valence-electron chi connectivity index (χ0n) is 14.6. The zero-order valence-corrected chi connectivity index (χ0v) is 16.2. The molecule has 0 unspecified atom stereocenters. The molecule has 2 aromatic rings. The number of sulfone groups is 1. The van der Waals surface area contributed by atoms with E-state index in [9.17, 15) is 13.2 Å². The second-order valence-electron chi connectivity index (χ2n) is 6.39. The number of aryl methyl sites for hydroxylation is 3. The quantitative estimate of drug-likeness (QED) is 0.857. The molecule has 2 aromatic heterocycles. The number of carbonyl (C=O) groups is 1. The highest BCUT2D eigenvalue weighted by atomic mass is 32.2. The van der Waals surface area contributed by atoms with Gasteiger partial charge in [0.05, 0.1) is 33.9 Å². The summed E-state index contributed by atoms with van der Waals surface area (Å²) in [7, 11) is -3.02. The van der Waals surface area contributed by atoms with Crippen LogP contribution in [0, 0.1) is 13.8 Å². The molecule has 1 fully saturated rings. The van der Waals surface area contributed by atoms with E-state index in [1.165, 1.54) is 11.3 Å². The minimum atomic E-state index is -3.02. The summed E-state index contributed by atoms with van der Waals surface area (Å²) in [4.78, 5) is 17.8. The summed E-state index contributed by atoms with van der Waals surface area (Å²) >= 11 is 1.38. The molecule has 0 aliphatic carbocycles. The van der Waals surface area contributed by atoms with Gasteiger partial charge in [-0.25, -0.2) is 18.1 Å². The van der Waals surface area contributed by atoms with E-state index >= 15 is 0 Å². The molecule has 0 radical (unpaired) electrons. The molecule has 25 heavy (non-hydrogen) atoms. The first-order chi connectivity index (χ1) is 11.8. The minimum absolute atomic E-state index is 0.0672. The van der Waals surface area contributed by atoms with Crippen LogP contribution in [0.15, 0.2) is 6.07 Å². The van der Waals surface area contributed by atoms with Gasteiger partial charge in [-0.05, 0) is 26.7 Å². The summed E-state index contributed by atoms with van der Waals surface area (Å²) in [5, 5.41) is 8.16. The lowest BCUT2D eigenvalue weighted by molar-refractivity contribution is 0.102. The van der Waals surface area contributed by atoms with Gasteiger partial charge >= 0.3 is 0 Å². The van der Waals surface area contributed by atoms with Gasteiger partial charge in [0.2, 0.25) is 0 Å². The maximum atomic E-state index is 12.7. The van der Waals surface area contributed by atoms with Crippen LogP contribution in [0.4, 0.5) is 5.82 Å². The van der Waals surface area contributed by atoms with Gasteiger partial charge in [-0.3, -0.25) is 4.79 Å². The zero-order chi connectivity index (χ0) is 18.2. The van der Waals surface area contributed by atoms with Crippen molar-refractivity contribution < 1.29 is 13.2 Å². The molecule has 3 rings (SSSR count). The summed E-state index contributed by atoms with van der Waals surface area (Å²) in [6.45, 7) is 5.77. The van der Waals surface area contributed by atoms with E-state index in [1.54, 1.807) is 10.7 Å². The van der Waals surface area contributed by atoms with Crippen LogP contribution >= 0.6 is 11.3 Å². The molecule has 3 heterocycles. The van der Waals surface area contributed by atoms with Crippen molar-refractivity contribution in [2.75, 3.05) is 16.8 Å². The Morgan fingerprint density at radius 3 is 2.84 bits per heavy atom.